The lowest BCUT2D eigenvalue weighted by molar-refractivity contribution is 0.0759. The summed E-state index contributed by atoms with van der Waals surface area (Å²) in [6.45, 7) is 4.94. The minimum Gasteiger partial charge on any atom is -0.496 e. The van der Waals surface area contributed by atoms with E-state index in [1.807, 2.05) is 6.92 Å². The van der Waals surface area contributed by atoms with Crippen LogP contribution in [0.4, 0.5) is 4.79 Å². The van der Waals surface area contributed by atoms with E-state index in [4.69, 9.17) is 16.3 Å². The Hall–Kier alpha value is -1.95. The van der Waals surface area contributed by atoms with Crippen LogP contribution in [0.15, 0.2) is 18.2 Å². The van der Waals surface area contributed by atoms with E-state index in [2.05, 4.69) is 5.32 Å². The summed E-state index contributed by atoms with van der Waals surface area (Å²) in [4.78, 5) is 28.4. The van der Waals surface area contributed by atoms with Gasteiger partial charge in [0.2, 0.25) is 0 Å². The van der Waals surface area contributed by atoms with E-state index in [9.17, 15) is 9.59 Å². The Balaban J connectivity index is 2.04. The molecule has 0 atom stereocenters. The van der Waals surface area contributed by atoms with Gasteiger partial charge in [0.25, 0.3) is 5.91 Å². The molecule has 3 amide bonds. The molecule has 0 spiro atoms. The zero-order chi connectivity index (χ0) is 17.5. The van der Waals surface area contributed by atoms with Crippen molar-refractivity contribution in [3.8, 4) is 5.75 Å². The molecule has 1 aromatic rings. The van der Waals surface area contributed by atoms with Gasteiger partial charge in [0.1, 0.15) is 5.75 Å². The molecule has 1 N–H and O–H groups in total. The highest BCUT2D eigenvalue weighted by Crippen LogP contribution is 2.24. The summed E-state index contributed by atoms with van der Waals surface area (Å²) in [6.07, 6.45) is 1.65. The summed E-state index contributed by atoms with van der Waals surface area (Å²) in [5.74, 6) is 0.386. The predicted octanol–water partition coefficient (Wildman–Crippen LogP) is 2.62. The number of amides is 3. The third-order valence-electron chi connectivity index (χ3n) is 3.99. The number of hydrogen-bond acceptors (Lipinski definition) is 3. The lowest BCUT2D eigenvalue weighted by Gasteiger charge is -2.23. The number of ether oxygens (including phenoxy) is 1. The highest BCUT2D eigenvalue weighted by molar-refractivity contribution is 6.31. The molecule has 1 aliphatic rings. The van der Waals surface area contributed by atoms with Crippen molar-refractivity contribution in [1.29, 1.82) is 0 Å². The Morgan fingerprint density at radius 2 is 1.92 bits per heavy atom. The van der Waals surface area contributed by atoms with E-state index in [-0.39, 0.29) is 11.9 Å². The zero-order valence-electron chi connectivity index (χ0n) is 14.2. The Morgan fingerprint density at radius 3 is 2.62 bits per heavy atom. The fourth-order valence-electron chi connectivity index (χ4n) is 2.69. The number of methoxy groups -OCH3 is 1. The molecule has 0 unspecified atom stereocenters. The van der Waals surface area contributed by atoms with Crippen molar-refractivity contribution < 1.29 is 14.3 Å². The van der Waals surface area contributed by atoms with Crippen molar-refractivity contribution >= 4 is 23.5 Å². The van der Waals surface area contributed by atoms with E-state index >= 15 is 0 Å². The van der Waals surface area contributed by atoms with Crippen molar-refractivity contribution in [1.82, 2.24) is 15.1 Å². The number of nitrogens with zero attached hydrogens (tertiary/aromatic N) is 2. The first-order valence-electron chi connectivity index (χ1n) is 8.22. The zero-order valence-corrected chi connectivity index (χ0v) is 14.9. The van der Waals surface area contributed by atoms with Crippen LogP contribution in [0.2, 0.25) is 5.02 Å². The molecule has 1 aromatic carbocycles. The van der Waals surface area contributed by atoms with Crippen LogP contribution in [0, 0.1) is 0 Å². The second kappa shape index (κ2) is 8.78. The second-order valence-electron chi connectivity index (χ2n) is 5.71. The largest absolute Gasteiger partial charge is 0.496 e. The van der Waals surface area contributed by atoms with Gasteiger partial charge in [0.05, 0.1) is 12.7 Å². The monoisotopic (exact) mass is 353 g/mol. The van der Waals surface area contributed by atoms with Crippen molar-refractivity contribution in [3.63, 3.8) is 0 Å². The van der Waals surface area contributed by atoms with Gasteiger partial charge < -0.3 is 19.9 Å². The van der Waals surface area contributed by atoms with Crippen LogP contribution in [0.5, 0.6) is 5.75 Å². The second-order valence-corrected chi connectivity index (χ2v) is 6.15. The number of urea groups is 1. The maximum atomic E-state index is 12.8. The maximum Gasteiger partial charge on any atom is 0.317 e. The Labute approximate surface area is 147 Å². The van der Waals surface area contributed by atoms with Crippen molar-refractivity contribution in [2.45, 2.75) is 19.8 Å². The predicted molar refractivity (Wildman–Crippen MR) is 93.8 cm³/mol. The van der Waals surface area contributed by atoms with Crippen LogP contribution in [0.25, 0.3) is 0 Å². The lowest BCUT2D eigenvalue weighted by atomic mass is 10.1. The summed E-state index contributed by atoms with van der Waals surface area (Å²) < 4.78 is 5.27. The lowest BCUT2D eigenvalue weighted by Crippen LogP contribution is -2.42. The summed E-state index contributed by atoms with van der Waals surface area (Å²) in [6, 6.07) is 4.95. The summed E-state index contributed by atoms with van der Waals surface area (Å²) in [5.41, 5.74) is 0.453. The topological polar surface area (TPSA) is 61.9 Å². The smallest absolute Gasteiger partial charge is 0.317 e. The van der Waals surface area contributed by atoms with Gasteiger partial charge in [0, 0.05) is 37.7 Å². The van der Waals surface area contributed by atoms with Gasteiger partial charge in [-0.05, 0) is 31.0 Å². The van der Waals surface area contributed by atoms with Gasteiger partial charge in [-0.2, -0.15) is 0 Å². The quantitative estimate of drug-likeness (QED) is 0.905. The fourth-order valence-corrected chi connectivity index (χ4v) is 2.86. The van der Waals surface area contributed by atoms with Crippen LogP contribution >= 0.6 is 11.6 Å². The molecule has 0 bridgehead atoms. The number of carbonyl (C=O) groups excluding carboxylic acids is 2. The van der Waals surface area contributed by atoms with Crippen molar-refractivity contribution in [3.05, 3.63) is 28.8 Å². The van der Waals surface area contributed by atoms with Gasteiger partial charge in [-0.15, -0.1) is 0 Å². The minimum atomic E-state index is -0.120. The molecule has 1 fully saturated rings. The fraction of sp³-hybridized carbons (Fsp3) is 0.529. The first-order valence-corrected chi connectivity index (χ1v) is 8.60. The van der Waals surface area contributed by atoms with Gasteiger partial charge >= 0.3 is 6.03 Å². The molecular formula is C17H24ClN3O3. The third kappa shape index (κ3) is 4.54. The highest BCUT2D eigenvalue weighted by Gasteiger charge is 2.24. The van der Waals surface area contributed by atoms with Gasteiger partial charge in [-0.25, -0.2) is 4.79 Å². The van der Waals surface area contributed by atoms with Crippen molar-refractivity contribution in [2.24, 2.45) is 0 Å². The molecule has 0 saturated carbocycles. The minimum absolute atomic E-state index is 0.0634. The van der Waals surface area contributed by atoms with Crippen LogP contribution in [-0.4, -0.2) is 61.6 Å². The highest BCUT2D eigenvalue weighted by atomic mass is 35.5. The van der Waals surface area contributed by atoms with E-state index in [1.54, 1.807) is 28.0 Å². The van der Waals surface area contributed by atoms with E-state index in [0.29, 0.717) is 49.1 Å². The average molecular weight is 354 g/mol. The van der Waals surface area contributed by atoms with Crippen LogP contribution in [0.1, 0.15) is 30.1 Å². The van der Waals surface area contributed by atoms with Crippen LogP contribution < -0.4 is 10.1 Å². The average Bonchev–Trinajstić information content (AvgIpc) is 2.85. The van der Waals surface area contributed by atoms with E-state index < -0.39 is 0 Å². The number of benzene rings is 1. The van der Waals surface area contributed by atoms with Crippen LogP contribution in [-0.2, 0) is 0 Å². The Kier molecular flexibility index (Phi) is 6.73. The SMILES string of the molecule is CCCNC(=O)N1CCCN(C(=O)c2cc(Cl)ccc2OC)CC1. The molecule has 1 heterocycles. The number of carbonyl (C=O) groups is 2. The number of halogens is 1. The molecule has 0 aromatic heterocycles. The van der Waals surface area contributed by atoms with Gasteiger partial charge in [-0.1, -0.05) is 18.5 Å². The molecule has 7 heteroatoms. The molecule has 0 aliphatic carbocycles. The first-order chi connectivity index (χ1) is 11.6. The number of hydrogen-bond donors (Lipinski definition) is 1. The standard InChI is InChI=1S/C17H24ClN3O3/c1-3-7-19-17(23)21-9-4-8-20(10-11-21)16(22)14-12-13(18)5-6-15(14)24-2/h5-6,12H,3-4,7-11H2,1-2H3,(H,19,23). The van der Waals surface area contributed by atoms with Crippen molar-refractivity contribution in [2.75, 3.05) is 39.8 Å². The maximum absolute atomic E-state index is 12.8. The first kappa shape index (κ1) is 18.4. The molecular weight excluding hydrogens is 330 g/mol. The molecule has 24 heavy (non-hydrogen) atoms. The molecule has 1 saturated heterocycles. The Bertz CT molecular complexity index is 594. The van der Waals surface area contributed by atoms with Crippen LogP contribution in [0.3, 0.4) is 0 Å². The van der Waals surface area contributed by atoms with E-state index in [1.165, 1.54) is 7.11 Å². The molecule has 1 aliphatic heterocycles. The molecule has 2 rings (SSSR count). The molecule has 132 valence electrons. The third-order valence-corrected chi connectivity index (χ3v) is 4.22. The summed E-state index contributed by atoms with van der Waals surface area (Å²) in [7, 11) is 1.53. The number of rotatable bonds is 4. The normalized spacial score (nSPS) is 15.0. The van der Waals surface area contributed by atoms with Gasteiger partial charge in [-0.3, -0.25) is 4.79 Å². The molecule has 6 nitrogen and oxygen atoms in total. The molecule has 0 radical (unpaired) electrons. The summed E-state index contributed by atoms with van der Waals surface area (Å²) in [5, 5.41) is 3.37. The number of nitrogens with one attached hydrogen (secondary N) is 1. The van der Waals surface area contributed by atoms with E-state index in [0.717, 1.165) is 12.8 Å². The van der Waals surface area contributed by atoms with Gasteiger partial charge in [0.15, 0.2) is 0 Å². The summed E-state index contributed by atoms with van der Waals surface area (Å²) >= 11 is 6.01. The Morgan fingerprint density at radius 1 is 1.21 bits per heavy atom.